The first-order valence-corrected chi connectivity index (χ1v) is 8.08. The summed E-state index contributed by atoms with van der Waals surface area (Å²) in [5, 5.41) is 14.7. The molecule has 0 spiro atoms. The minimum absolute atomic E-state index is 0.182. The van der Waals surface area contributed by atoms with Crippen LogP contribution in [0.2, 0.25) is 0 Å². The summed E-state index contributed by atoms with van der Waals surface area (Å²) >= 11 is 1.27. The fourth-order valence-corrected chi connectivity index (χ4v) is 2.96. The molecule has 112 valence electrons. The highest BCUT2D eigenvalue weighted by atomic mass is 32.1. The molecule has 7 heteroatoms. The van der Waals surface area contributed by atoms with Crippen molar-refractivity contribution in [3.63, 3.8) is 0 Å². The number of amides is 1. The Balaban J connectivity index is 1.63. The first kappa shape index (κ1) is 15.2. The van der Waals surface area contributed by atoms with E-state index >= 15 is 0 Å². The van der Waals surface area contributed by atoms with Crippen LogP contribution < -0.4 is 10.6 Å². The summed E-state index contributed by atoms with van der Waals surface area (Å²) in [6.07, 6.45) is 6.51. The van der Waals surface area contributed by atoms with E-state index in [0.717, 1.165) is 19.4 Å². The molecule has 0 aromatic carbocycles. The second-order valence-corrected chi connectivity index (χ2v) is 5.81. The lowest BCUT2D eigenvalue weighted by molar-refractivity contribution is 0.0299. The van der Waals surface area contributed by atoms with Gasteiger partial charge in [-0.15, -0.1) is 10.2 Å². The zero-order valence-electron chi connectivity index (χ0n) is 11.9. The van der Waals surface area contributed by atoms with Gasteiger partial charge in [0.2, 0.25) is 10.1 Å². The van der Waals surface area contributed by atoms with Gasteiger partial charge >= 0.3 is 0 Å². The molecule has 1 fully saturated rings. The van der Waals surface area contributed by atoms with Gasteiger partial charge in [-0.1, -0.05) is 30.6 Å². The molecule has 0 aliphatic heterocycles. The molecule has 1 saturated carbocycles. The number of nitrogens with one attached hydrogen (secondary N) is 2. The van der Waals surface area contributed by atoms with Crippen LogP contribution in [0.15, 0.2) is 0 Å². The van der Waals surface area contributed by atoms with Gasteiger partial charge in [-0.25, -0.2) is 0 Å². The summed E-state index contributed by atoms with van der Waals surface area (Å²) in [6, 6.07) is 0. The molecule has 1 heterocycles. The fraction of sp³-hybridized carbons (Fsp3) is 0.769. The van der Waals surface area contributed by atoms with Crippen molar-refractivity contribution in [2.45, 2.75) is 45.1 Å². The SMILES string of the molecule is CCNc1nnc(C(=O)NCCOC2CCCCC2)s1. The second kappa shape index (κ2) is 8.16. The van der Waals surface area contributed by atoms with Crippen molar-refractivity contribution in [3.8, 4) is 0 Å². The molecule has 1 aliphatic carbocycles. The zero-order valence-corrected chi connectivity index (χ0v) is 12.7. The third-order valence-corrected chi connectivity index (χ3v) is 4.12. The summed E-state index contributed by atoms with van der Waals surface area (Å²) in [5.41, 5.74) is 0. The normalized spacial score (nSPS) is 16.1. The number of carbonyl (C=O) groups excluding carboxylic acids is 1. The van der Waals surface area contributed by atoms with Crippen LogP contribution in [0.25, 0.3) is 0 Å². The van der Waals surface area contributed by atoms with Gasteiger partial charge < -0.3 is 15.4 Å². The van der Waals surface area contributed by atoms with Gasteiger partial charge in [-0.2, -0.15) is 0 Å². The Morgan fingerprint density at radius 3 is 2.90 bits per heavy atom. The van der Waals surface area contributed by atoms with Gasteiger partial charge in [0.15, 0.2) is 0 Å². The smallest absolute Gasteiger partial charge is 0.282 e. The molecular formula is C13H22N4O2S. The number of carbonyl (C=O) groups is 1. The topological polar surface area (TPSA) is 76.1 Å². The minimum atomic E-state index is -0.182. The van der Waals surface area contributed by atoms with Crippen molar-refractivity contribution in [2.24, 2.45) is 0 Å². The molecule has 0 radical (unpaired) electrons. The van der Waals surface area contributed by atoms with Gasteiger partial charge in [0.25, 0.3) is 5.91 Å². The standard InChI is InChI=1S/C13H22N4O2S/c1-2-14-13-17-16-12(20-13)11(18)15-8-9-19-10-6-4-3-5-7-10/h10H,2-9H2,1H3,(H,14,17)(H,15,18). The molecule has 6 nitrogen and oxygen atoms in total. The van der Waals surface area contributed by atoms with Gasteiger partial charge in [0, 0.05) is 13.1 Å². The second-order valence-electron chi connectivity index (χ2n) is 4.83. The van der Waals surface area contributed by atoms with E-state index in [1.165, 1.54) is 30.6 Å². The highest BCUT2D eigenvalue weighted by molar-refractivity contribution is 7.17. The minimum Gasteiger partial charge on any atom is -0.376 e. The van der Waals surface area contributed by atoms with Crippen molar-refractivity contribution < 1.29 is 9.53 Å². The first-order valence-electron chi connectivity index (χ1n) is 7.26. The van der Waals surface area contributed by atoms with E-state index in [1.54, 1.807) is 0 Å². The maximum atomic E-state index is 11.8. The lowest BCUT2D eigenvalue weighted by Gasteiger charge is -2.21. The van der Waals surface area contributed by atoms with Crippen LogP contribution in [0.3, 0.4) is 0 Å². The molecule has 20 heavy (non-hydrogen) atoms. The van der Waals surface area contributed by atoms with Crippen molar-refractivity contribution in [1.29, 1.82) is 0 Å². The molecule has 0 unspecified atom stereocenters. The van der Waals surface area contributed by atoms with Gasteiger partial charge in [0.1, 0.15) is 0 Å². The highest BCUT2D eigenvalue weighted by Crippen LogP contribution is 2.20. The molecule has 0 atom stereocenters. The van der Waals surface area contributed by atoms with E-state index < -0.39 is 0 Å². The third kappa shape index (κ3) is 4.72. The van der Waals surface area contributed by atoms with E-state index in [9.17, 15) is 4.79 Å². The quantitative estimate of drug-likeness (QED) is 0.753. The number of aromatic nitrogens is 2. The van der Waals surface area contributed by atoms with Crippen molar-refractivity contribution >= 4 is 22.4 Å². The zero-order chi connectivity index (χ0) is 14.2. The van der Waals surface area contributed by atoms with E-state index in [1.807, 2.05) is 6.92 Å². The largest absolute Gasteiger partial charge is 0.376 e. The van der Waals surface area contributed by atoms with Crippen molar-refractivity contribution in [1.82, 2.24) is 15.5 Å². The highest BCUT2D eigenvalue weighted by Gasteiger charge is 2.14. The molecule has 1 aliphatic rings. The average molecular weight is 298 g/mol. The average Bonchev–Trinajstić information content (AvgIpc) is 2.94. The van der Waals surface area contributed by atoms with E-state index in [2.05, 4.69) is 20.8 Å². The van der Waals surface area contributed by atoms with Crippen LogP contribution in [-0.2, 0) is 4.74 Å². The number of hydrogen-bond acceptors (Lipinski definition) is 6. The molecule has 1 aromatic heterocycles. The number of nitrogens with zero attached hydrogens (tertiary/aromatic N) is 2. The summed E-state index contributed by atoms with van der Waals surface area (Å²) in [7, 11) is 0. The van der Waals surface area contributed by atoms with Crippen LogP contribution >= 0.6 is 11.3 Å². The summed E-state index contributed by atoms with van der Waals surface area (Å²) in [5.74, 6) is -0.182. The molecule has 1 amide bonds. The molecule has 0 saturated heterocycles. The maximum Gasteiger partial charge on any atom is 0.282 e. The van der Waals surface area contributed by atoms with Crippen molar-refractivity contribution in [2.75, 3.05) is 25.0 Å². The van der Waals surface area contributed by atoms with Crippen LogP contribution in [0.4, 0.5) is 5.13 Å². The Morgan fingerprint density at radius 2 is 2.15 bits per heavy atom. The van der Waals surface area contributed by atoms with Crippen LogP contribution in [0, 0.1) is 0 Å². The summed E-state index contributed by atoms with van der Waals surface area (Å²) in [6.45, 7) is 3.83. The van der Waals surface area contributed by atoms with Gasteiger partial charge in [-0.05, 0) is 19.8 Å². The Morgan fingerprint density at radius 1 is 1.35 bits per heavy atom. The Hall–Kier alpha value is -1.21. The van der Waals surface area contributed by atoms with Gasteiger partial charge in [0.05, 0.1) is 12.7 Å². The number of hydrogen-bond donors (Lipinski definition) is 2. The number of anilines is 1. The molecule has 2 rings (SSSR count). The van der Waals surface area contributed by atoms with Crippen molar-refractivity contribution in [3.05, 3.63) is 5.01 Å². The van der Waals surface area contributed by atoms with E-state index in [0.29, 0.717) is 29.4 Å². The predicted molar refractivity (Wildman–Crippen MR) is 79.2 cm³/mol. The first-order chi connectivity index (χ1) is 9.79. The monoisotopic (exact) mass is 298 g/mol. The molecule has 1 aromatic rings. The molecule has 0 bridgehead atoms. The van der Waals surface area contributed by atoms with E-state index in [4.69, 9.17) is 4.74 Å². The molecule has 2 N–H and O–H groups in total. The lowest BCUT2D eigenvalue weighted by atomic mass is 9.98. The fourth-order valence-electron chi connectivity index (χ4n) is 2.24. The lowest BCUT2D eigenvalue weighted by Crippen LogP contribution is -2.29. The Bertz CT molecular complexity index is 418. The van der Waals surface area contributed by atoms with Gasteiger partial charge in [-0.3, -0.25) is 4.79 Å². The Kier molecular flexibility index (Phi) is 6.20. The Labute approximate surface area is 123 Å². The van der Waals surface area contributed by atoms with Crippen LogP contribution in [0.1, 0.15) is 48.8 Å². The van der Waals surface area contributed by atoms with Crippen LogP contribution in [-0.4, -0.2) is 41.9 Å². The number of rotatable bonds is 7. The third-order valence-electron chi connectivity index (χ3n) is 3.24. The molecular weight excluding hydrogens is 276 g/mol. The maximum absolute atomic E-state index is 11.8. The van der Waals surface area contributed by atoms with Crippen LogP contribution in [0.5, 0.6) is 0 Å². The number of ether oxygens (including phenoxy) is 1. The van der Waals surface area contributed by atoms with E-state index in [-0.39, 0.29) is 5.91 Å². The predicted octanol–water partition coefficient (Wildman–Crippen LogP) is 2.05. The summed E-state index contributed by atoms with van der Waals surface area (Å²) < 4.78 is 5.75. The summed E-state index contributed by atoms with van der Waals surface area (Å²) in [4.78, 5) is 11.8.